The van der Waals surface area contributed by atoms with Crippen molar-refractivity contribution in [2.45, 2.75) is 71.8 Å². The monoisotopic (exact) mass is 396 g/mol. The molecule has 0 spiro atoms. The summed E-state index contributed by atoms with van der Waals surface area (Å²) < 4.78 is 5.85. The maximum absolute atomic E-state index is 12.8. The molecule has 0 heterocycles. The minimum absolute atomic E-state index is 0.0110. The van der Waals surface area contributed by atoms with E-state index in [9.17, 15) is 14.4 Å². The number of hydrogen-bond acceptors (Lipinski definition) is 4. The zero-order chi connectivity index (χ0) is 20.9. The molecule has 156 valence electrons. The van der Waals surface area contributed by atoms with Gasteiger partial charge in [0.05, 0.1) is 0 Å². The molecule has 0 unspecified atom stereocenters. The van der Waals surface area contributed by atoms with E-state index in [1.54, 1.807) is 6.92 Å². The van der Waals surface area contributed by atoms with Crippen molar-refractivity contribution in [2.24, 2.45) is 40.4 Å². The van der Waals surface area contributed by atoms with Gasteiger partial charge in [-0.15, -0.1) is 0 Å². The average molecular weight is 397 g/mol. The number of carbonyl (C=O) groups is 3. The Morgan fingerprint density at radius 3 is 2.45 bits per heavy atom. The molecule has 4 nitrogen and oxygen atoms in total. The lowest BCUT2D eigenvalue weighted by Crippen LogP contribution is -2.59. The van der Waals surface area contributed by atoms with Gasteiger partial charge in [-0.2, -0.15) is 0 Å². The van der Waals surface area contributed by atoms with Crippen molar-refractivity contribution in [2.75, 3.05) is 0 Å². The average Bonchev–Trinajstić information content (AvgIpc) is 3.39. The molecular formula is C25H32O4. The fraction of sp³-hybridized carbons (Fsp3) is 0.720. The third-order valence-corrected chi connectivity index (χ3v) is 9.87. The highest BCUT2D eigenvalue weighted by atomic mass is 16.6. The van der Waals surface area contributed by atoms with E-state index in [0.29, 0.717) is 35.9 Å². The molecule has 4 heteroatoms. The molecule has 0 aromatic rings. The van der Waals surface area contributed by atoms with Crippen LogP contribution in [0.3, 0.4) is 0 Å². The lowest BCUT2D eigenvalue weighted by atomic mass is 9.45. The molecule has 0 amide bonds. The SMILES string of the molecule is C=C1C[C@@H]2[C@H](CC[C@@]3(C)[C@H]2CC[C@]3(OC(C)=O)C(C)=O)[C@]2(C)C1=CC(=O)[C@@H]1C[C@@H]12. The maximum atomic E-state index is 12.8. The predicted octanol–water partition coefficient (Wildman–Crippen LogP) is 4.43. The van der Waals surface area contributed by atoms with Crippen LogP contribution in [0.5, 0.6) is 0 Å². The molecule has 5 aliphatic rings. The Morgan fingerprint density at radius 2 is 1.79 bits per heavy atom. The number of esters is 1. The zero-order valence-electron chi connectivity index (χ0n) is 18.0. The minimum atomic E-state index is -0.989. The molecule has 29 heavy (non-hydrogen) atoms. The van der Waals surface area contributed by atoms with Gasteiger partial charge in [0.2, 0.25) is 0 Å². The standard InChI is InChI=1S/C25H32O4/c1-13-10-16-18-7-9-25(14(2)26,29-15(3)27)23(18,4)8-6-19(16)24(5)20(13)12-22(28)17-11-21(17)24/h12,16-19,21H,1,6-11H2,2-5H3/t16-,17+,18-,19-,21-,23-,24+,25-/m0/s1. The van der Waals surface area contributed by atoms with E-state index < -0.39 is 5.60 Å². The van der Waals surface area contributed by atoms with Gasteiger partial charge in [0.15, 0.2) is 17.2 Å². The molecule has 4 fully saturated rings. The van der Waals surface area contributed by atoms with Crippen molar-refractivity contribution in [3.63, 3.8) is 0 Å². The fourth-order valence-corrected chi connectivity index (χ4v) is 8.51. The first-order valence-corrected chi connectivity index (χ1v) is 11.2. The summed E-state index contributed by atoms with van der Waals surface area (Å²) in [6.45, 7) is 12.0. The quantitative estimate of drug-likeness (QED) is 0.648. The van der Waals surface area contributed by atoms with Gasteiger partial charge in [-0.1, -0.05) is 26.0 Å². The second-order valence-corrected chi connectivity index (χ2v) is 10.8. The Labute approximate surface area is 173 Å². The fourth-order valence-electron chi connectivity index (χ4n) is 8.51. The molecule has 0 bridgehead atoms. The van der Waals surface area contributed by atoms with Gasteiger partial charge >= 0.3 is 5.97 Å². The van der Waals surface area contributed by atoms with E-state index in [1.807, 2.05) is 6.08 Å². The van der Waals surface area contributed by atoms with Crippen LogP contribution in [-0.4, -0.2) is 23.1 Å². The Balaban J connectivity index is 1.56. The first-order valence-electron chi connectivity index (χ1n) is 11.2. The zero-order valence-corrected chi connectivity index (χ0v) is 18.0. The van der Waals surface area contributed by atoms with Gasteiger partial charge in [-0.05, 0) is 86.2 Å². The van der Waals surface area contributed by atoms with E-state index in [2.05, 4.69) is 20.4 Å². The molecule has 0 N–H and O–H groups in total. The van der Waals surface area contributed by atoms with Gasteiger partial charge in [0.25, 0.3) is 0 Å². The third-order valence-electron chi connectivity index (χ3n) is 9.87. The van der Waals surface area contributed by atoms with E-state index in [-0.39, 0.29) is 28.5 Å². The Bertz CT molecular complexity index is 883. The summed E-state index contributed by atoms with van der Waals surface area (Å²) in [5.41, 5.74) is 1.04. The van der Waals surface area contributed by atoms with Crippen molar-refractivity contribution in [1.82, 2.24) is 0 Å². The number of carbonyl (C=O) groups excluding carboxylic acids is 3. The van der Waals surface area contributed by atoms with Crippen molar-refractivity contribution >= 4 is 17.5 Å². The molecule has 8 atom stereocenters. The van der Waals surface area contributed by atoms with E-state index in [4.69, 9.17) is 4.74 Å². The van der Waals surface area contributed by atoms with E-state index in [0.717, 1.165) is 37.7 Å². The molecule has 5 aliphatic carbocycles. The summed E-state index contributed by atoms with van der Waals surface area (Å²) >= 11 is 0. The van der Waals surface area contributed by atoms with Gasteiger partial charge in [0.1, 0.15) is 0 Å². The van der Waals surface area contributed by atoms with Crippen LogP contribution >= 0.6 is 0 Å². The Morgan fingerprint density at radius 1 is 1.10 bits per heavy atom. The van der Waals surface area contributed by atoms with Crippen LogP contribution in [-0.2, 0) is 19.1 Å². The second kappa shape index (κ2) is 5.70. The van der Waals surface area contributed by atoms with Crippen molar-refractivity contribution < 1.29 is 19.1 Å². The van der Waals surface area contributed by atoms with Crippen LogP contribution in [0.4, 0.5) is 0 Å². The topological polar surface area (TPSA) is 60.4 Å². The van der Waals surface area contributed by atoms with Crippen LogP contribution in [0.1, 0.15) is 66.2 Å². The van der Waals surface area contributed by atoms with Gasteiger partial charge in [0, 0.05) is 18.3 Å². The molecule has 0 aliphatic heterocycles. The lowest BCUT2D eigenvalue weighted by Gasteiger charge is -2.59. The number of ketones is 2. The summed E-state index contributed by atoms with van der Waals surface area (Å²) in [6, 6.07) is 0. The summed E-state index contributed by atoms with van der Waals surface area (Å²) in [5.74, 6) is 1.89. The molecule has 0 saturated heterocycles. The highest BCUT2D eigenvalue weighted by molar-refractivity contribution is 5.97. The van der Waals surface area contributed by atoms with Crippen LogP contribution in [0.2, 0.25) is 0 Å². The summed E-state index contributed by atoms with van der Waals surface area (Å²) in [4.78, 5) is 37.2. The first-order chi connectivity index (χ1) is 13.6. The number of hydrogen-bond donors (Lipinski definition) is 0. The maximum Gasteiger partial charge on any atom is 0.303 e. The third kappa shape index (κ3) is 2.18. The van der Waals surface area contributed by atoms with Crippen molar-refractivity contribution in [3.8, 4) is 0 Å². The Hall–Kier alpha value is -1.71. The first kappa shape index (κ1) is 19.3. The number of fused-ring (bicyclic) bond motifs is 7. The molecule has 5 rings (SSSR count). The highest BCUT2D eigenvalue weighted by Gasteiger charge is 2.70. The van der Waals surface area contributed by atoms with Crippen LogP contribution in [0.15, 0.2) is 23.8 Å². The highest BCUT2D eigenvalue weighted by Crippen LogP contribution is 2.73. The summed E-state index contributed by atoms with van der Waals surface area (Å²) in [6.07, 6.45) is 7.28. The number of Topliss-reactive ketones (excluding diaryl/α,β-unsaturated/α-hetero) is 1. The van der Waals surface area contributed by atoms with E-state index in [1.165, 1.54) is 12.5 Å². The molecule has 0 radical (unpaired) electrons. The molecule has 4 saturated carbocycles. The summed E-state index contributed by atoms with van der Waals surface area (Å²) in [5, 5.41) is 0. The van der Waals surface area contributed by atoms with Gasteiger partial charge in [-0.3, -0.25) is 14.4 Å². The summed E-state index contributed by atoms with van der Waals surface area (Å²) in [7, 11) is 0. The van der Waals surface area contributed by atoms with Gasteiger partial charge < -0.3 is 4.74 Å². The minimum Gasteiger partial charge on any atom is -0.451 e. The van der Waals surface area contributed by atoms with Crippen LogP contribution in [0, 0.1) is 40.4 Å². The molecule has 0 aromatic heterocycles. The van der Waals surface area contributed by atoms with Crippen molar-refractivity contribution in [1.29, 1.82) is 0 Å². The molecular weight excluding hydrogens is 364 g/mol. The number of rotatable bonds is 2. The smallest absolute Gasteiger partial charge is 0.303 e. The van der Waals surface area contributed by atoms with E-state index >= 15 is 0 Å². The molecule has 0 aromatic carbocycles. The Kier molecular flexibility index (Phi) is 3.79. The van der Waals surface area contributed by atoms with Crippen LogP contribution in [0.25, 0.3) is 0 Å². The van der Waals surface area contributed by atoms with Gasteiger partial charge in [-0.25, -0.2) is 0 Å². The predicted molar refractivity (Wildman–Crippen MR) is 109 cm³/mol. The van der Waals surface area contributed by atoms with Crippen LogP contribution < -0.4 is 0 Å². The second-order valence-electron chi connectivity index (χ2n) is 10.8. The largest absolute Gasteiger partial charge is 0.451 e. The number of allylic oxidation sites excluding steroid dienone is 2. The van der Waals surface area contributed by atoms with Crippen molar-refractivity contribution in [3.05, 3.63) is 23.8 Å². The lowest BCUT2D eigenvalue weighted by molar-refractivity contribution is -0.186. The number of ether oxygens (including phenoxy) is 1. The normalized spacial score (nSPS) is 49.9.